The lowest BCUT2D eigenvalue weighted by Gasteiger charge is -2.12. The number of methoxy groups -OCH3 is 1. The normalized spacial score (nSPS) is 10.5. The first-order valence-electron chi connectivity index (χ1n) is 6.26. The Bertz CT molecular complexity index is 728. The van der Waals surface area contributed by atoms with E-state index < -0.39 is 12.5 Å². The summed E-state index contributed by atoms with van der Waals surface area (Å²) in [6.07, 6.45) is 1.27. The maximum absolute atomic E-state index is 12.3. The van der Waals surface area contributed by atoms with Gasteiger partial charge in [0.15, 0.2) is 11.5 Å². The first kappa shape index (κ1) is 16.8. The molecule has 1 amide bonds. The van der Waals surface area contributed by atoms with Crippen molar-refractivity contribution in [2.45, 2.75) is 6.61 Å². The average Bonchev–Trinajstić information content (AvgIpc) is 2.50. The van der Waals surface area contributed by atoms with Gasteiger partial charge in [-0.2, -0.15) is 8.78 Å². The van der Waals surface area contributed by atoms with Crippen LogP contribution in [0, 0.1) is 0 Å². The van der Waals surface area contributed by atoms with Crippen LogP contribution in [0.5, 0.6) is 11.5 Å². The Morgan fingerprint density at radius 2 is 2.09 bits per heavy atom. The van der Waals surface area contributed by atoms with Gasteiger partial charge >= 0.3 is 6.61 Å². The molecule has 0 saturated heterocycles. The molecular formula is C14H12ClF2N3O3. The monoisotopic (exact) mass is 343 g/mol. The molecule has 3 N–H and O–H groups in total. The molecule has 1 aromatic heterocycles. The number of ether oxygens (including phenoxy) is 2. The molecule has 0 saturated carbocycles. The molecular weight excluding hydrogens is 332 g/mol. The van der Waals surface area contributed by atoms with Crippen LogP contribution >= 0.6 is 11.6 Å². The fourth-order valence-electron chi connectivity index (χ4n) is 1.71. The number of benzene rings is 1. The molecule has 9 heteroatoms. The molecule has 0 fully saturated rings. The number of pyridine rings is 1. The fraction of sp³-hybridized carbons (Fsp3) is 0.143. The van der Waals surface area contributed by atoms with Crippen LogP contribution in [-0.2, 0) is 0 Å². The van der Waals surface area contributed by atoms with Crippen molar-refractivity contribution in [3.63, 3.8) is 0 Å². The Labute approximate surface area is 135 Å². The van der Waals surface area contributed by atoms with Gasteiger partial charge in [-0.05, 0) is 18.2 Å². The van der Waals surface area contributed by atoms with Crippen molar-refractivity contribution in [3.05, 3.63) is 41.0 Å². The van der Waals surface area contributed by atoms with E-state index in [1.807, 2.05) is 0 Å². The topological polar surface area (TPSA) is 86.5 Å². The number of nitrogens with two attached hydrogens (primary N) is 1. The van der Waals surface area contributed by atoms with E-state index in [1.54, 1.807) is 0 Å². The summed E-state index contributed by atoms with van der Waals surface area (Å²) in [4.78, 5) is 15.9. The minimum absolute atomic E-state index is 0.0524. The molecule has 0 atom stereocenters. The van der Waals surface area contributed by atoms with Crippen LogP contribution < -0.4 is 20.5 Å². The summed E-state index contributed by atoms with van der Waals surface area (Å²) in [5, 5.41) is 2.71. The van der Waals surface area contributed by atoms with E-state index in [9.17, 15) is 13.6 Å². The second-order valence-electron chi connectivity index (χ2n) is 4.29. The lowest BCUT2D eigenvalue weighted by molar-refractivity contribution is -0.0512. The highest BCUT2D eigenvalue weighted by atomic mass is 35.5. The summed E-state index contributed by atoms with van der Waals surface area (Å²) in [7, 11) is 1.29. The van der Waals surface area contributed by atoms with E-state index in [4.69, 9.17) is 22.1 Å². The van der Waals surface area contributed by atoms with Crippen LogP contribution in [0.4, 0.5) is 20.3 Å². The third-order valence-electron chi connectivity index (χ3n) is 2.77. The van der Waals surface area contributed by atoms with E-state index in [0.29, 0.717) is 5.69 Å². The quantitative estimate of drug-likeness (QED) is 0.870. The lowest BCUT2D eigenvalue weighted by atomic mass is 10.2. The van der Waals surface area contributed by atoms with Crippen molar-refractivity contribution in [2.75, 3.05) is 18.2 Å². The highest BCUT2D eigenvalue weighted by molar-refractivity contribution is 6.33. The van der Waals surface area contributed by atoms with E-state index in [-0.39, 0.29) is 27.9 Å². The Hall–Kier alpha value is -2.61. The van der Waals surface area contributed by atoms with E-state index >= 15 is 0 Å². The van der Waals surface area contributed by atoms with Gasteiger partial charge in [0, 0.05) is 18.0 Å². The Morgan fingerprint density at radius 3 is 2.70 bits per heavy atom. The number of nitrogens with zero attached hydrogens (tertiary/aromatic N) is 1. The third-order valence-corrected chi connectivity index (χ3v) is 3.07. The van der Waals surface area contributed by atoms with E-state index in [1.165, 1.54) is 37.6 Å². The molecule has 1 aromatic carbocycles. The van der Waals surface area contributed by atoms with Crippen LogP contribution in [-0.4, -0.2) is 24.6 Å². The van der Waals surface area contributed by atoms with Crippen molar-refractivity contribution in [2.24, 2.45) is 0 Å². The summed E-state index contributed by atoms with van der Waals surface area (Å²) in [6.45, 7) is -2.98. The molecule has 0 radical (unpaired) electrons. The summed E-state index contributed by atoms with van der Waals surface area (Å²) < 4.78 is 33.8. The van der Waals surface area contributed by atoms with Crippen LogP contribution in [0.3, 0.4) is 0 Å². The summed E-state index contributed by atoms with van der Waals surface area (Å²) >= 11 is 5.80. The fourth-order valence-corrected chi connectivity index (χ4v) is 1.88. The first-order valence-corrected chi connectivity index (χ1v) is 6.63. The zero-order chi connectivity index (χ0) is 17.0. The number of halogens is 3. The van der Waals surface area contributed by atoms with Gasteiger partial charge in [0.2, 0.25) is 0 Å². The Kier molecular flexibility index (Phi) is 5.17. The van der Waals surface area contributed by atoms with Gasteiger partial charge in [-0.15, -0.1) is 0 Å². The molecule has 2 rings (SSSR count). The van der Waals surface area contributed by atoms with Crippen molar-refractivity contribution in [3.8, 4) is 11.5 Å². The number of carbonyl (C=O) groups is 1. The molecule has 6 nitrogen and oxygen atoms in total. The van der Waals surface area contributed by atoms with E-state index in [2.05, 4.69) is 15.0 Å². The van der Waals surface area contributed by atoms with Crippen molar-refractivity contribution < 1.29 is 23.0 Å². The number of alkyl halides is 2. The zero-order valence-corrected chi connectivity index (χ0v) is 12.6. The second-order valence-corrected chi connectivity index (χ2v) is 4.70. The van der Waals surface area contributed by atoms with Crippen LogP contribution in [0.2, 0.25) is 5.02 Å². The standard InChI is InChI=1S/C14H12ClF2N3O3/c1-22-11-5-8(2-3-10(11)23-14(16)17)20-13(21)7-4-9(15)12(18)19-6-7/h2-6,14H,1H3,(H2,18,19)(H,20,21). The van der Waals surface area contributed by atoms with Gasteiger partial charge in [0.05, 0.1) is 17.7 Å². The van der Waals surface area contributed by atoms with Crippen LogP contribution in [0.15, 0.2) is 30.5 Å². The molecule has 0 spiro atoms. The molecule has 0 aliphatic carbocycles. The van der Waals surface area contributed by atoms with Crippen molar-refractivity contribution >= 4 is 29.0 Å². The minimum atomic E-state index is -2.98. The molecule has 0 bridgehead atoms. The molecule has 0 aliphatic rings. The van der Waals surface area contributed by atoms with Crippen molar-refractivity contribution in [1.29, 1.82) is 0 Å². The number of aromatic nitrogens is 1. The first-order chi connectivity index (χ1) is 10.9. The maximum atomic E-state index is 12.3. The molecule has 0 aliphatic heterocycles. The molecule has 1 heterocycles. The molecule has 122 valence electrons. The Balaban J connectivity index is 2.19. The van der Waals surface area contributed by atoms with Gasteiger partial charge < -0.3 is 20.5 Å². The van der Waals surface area contributed by atoms with Crippen LogP contribution in [0.25, 0.3) is 0 Å². The smallest absolute Gasteiger partial charge is 0.387 e. The Morgan fingerprint density at radius 1 is 1.35 bits per heavy atom. The SMILES string of the molecule is COc1cc(NC(=O)c2cnc(N)c(Cl)c2)ccc1OC(F)F. The highest BCUT2D eigenvalue weighted by Gasteiger charge is 2.13. The van der Waals surface area contributed by atoms with Gasteiger partial charge in [0.1, 0.15) is 5.82 Å². The maximum Gasteiger partial charge on any atom is 0.387 e. The van der Waals surface area contributed by atoms with Gasteiger partial charge in [0.25, 0.3) is 5.91 Å². The second kappa shape index (κ2) is 7.10. The molecule has 2 aromatic rings. The summed E-state index contributed by atoms with van der Waals surface area (Å²) in [5.74, 6) is -0.475. The number of nitrogen functional groups attached to an aromatic ring is 1. The van der Waals surface area contributed by atoms with Gasteiger partial charge in [-0.3, -0.25) is 4.79 Å². The number of anilines is 2. The highest BCUT2D eigenvalue weighted by Crippen LogP contribution is 2.31. The number of rotatable bonds is 5. The minimum Gasteiger partial charge on any atom is -0.493 e. The number of carbonyl (C=O) groups excluding carboxylic acids is 1. The number of amides is 1. The lowest BCUT2D eigenvalue weighted by Crippen LogP contribution is -2.13. The largest absolute Gasteiger partial charge is 0.493 e. The predicted molar refractivity (Wildman–Crippen MR) is 81.2 cm³/mol. The van der Waals surface area contributed by atoms with E-state index in [0.717, 1.165) is 0 Å². The number of nitrogens with one attached hydrogen (secondary N) is 1. The number of hydrogen-bond acceptors (Lipinski definition) is 5. The molecule has 0 unspecified atom stereocenters. The van der Waals surface area contributed by atoms with Gasteiger partial charge in [-0.1, -0.05) is 11.6 Å². The third kappa shape index (κ3) is 4.19. The zero-order valence-electron chi connectivity index (χ0n) is 11.8. The van der Waals surface area contributed by atoms with Crippen molar-refractivity contribution in [1.82, 2.24) is 4.98 Å². The number of hydrogen-bond donors (Lipinski definition) is 2. The average molecular weight is 344 g/mol. The molecule has 23 heavy (non-hydrogen) atoms. The van der Waals surface area contributed by atoms with Gasteiger partial charge in [-0.25, -0.2) is 4.98 Å². The summed E-state index contributed by atoms with van der Waals surface area (Å²) in [5.41, 5.74) is 5.98. The predicted octanol–water partition coefficient (Wildman–Crippen LogP) is 3.18. The summed E-state index contributed by atoms with van der Waals surface area (Å²) in [6, 6.07) is 5.37. The van der Waals surface area contributed by atoms with Crippen LogP contribution in [0.1, 0.15) is 10.4 Å².